The fraction of sp³-hybridized carbons (Fsp3) is 0.200. The van der Waals surface area contributed by atoms with E-state index in [9.17, 15) is 14.0 Å². The van der Waals surface area contributed by atoms with Gasteiger partial charge < -0.3 is 19.8 Å². The molecular formula is C15H14BrFN2O4. The smallest absolute Gasteiger partial charge is 0.287 e. The Labute approximate surface area is 140 Å². The third kappa shape index (κ3) is 5.74. The molecule has 0 fully saturated rings. The van der Waals surface area contributed by atoms with E-state index in [1.165, 1.54) is 24.3 Å². The second-order valence-electron chi connectivity index (χ2n) is 4.44. The lowest BCUT2D eigenvalue weighted by Gasteiger charge is -2.08. The van der Waals surface area contributed by atoms with Crippen LogP contribution in [0.3, 0.4) is 0 Å². The molecule has 6 nitrogen and oxygen atoms in total. The highest BCUT2D eigenvalue weighted by Crippen LogP contribution is 2.13. The van der Waals surface area contributed by atoms with Crippen LogP contribution in [0.4, 0.5) is 4.39 Å². The number of halogens is 2. The molecule has 0 aliphatic carbocycles. The zero-order chi connectivity index (χ0) is 16.7. The second-order valence-corrected chi connectivity index (χ2v) is 5.22. The highest BCUT2D eigenvalue weighted by atomic mass is 79.9. The fourth-order valence-corrected chi connectivity index (χ4v) is 1.97. The molecule has 0 aliphatic rings. The Balaban J connectivity index is 1.62. The monoisotopic (exact) mass is 384 g/mol. The minimum absolute atomic E-state index is 0.110. The van der Waals surface area contributed by atoms with Gasteiger partial charge in [0, 0.05) is 6.07 Å². The van der Waals surface area contributed by atoms with Crippen molar-refractivity contribution in [2.24, 2.45) is 0 Å². The largest absolute Gasteiger partial charge is 0.492 e. The molecule has 0 atom stereocenters. The number of benzene rings is 1. The Hall–Kier alpha value is -2.35. The van der Waals surface area contributed by atoms with Crippen molar-refractivity contribution >= 4 is 27.7 Å². The molecule has 1 aromatic heterocycles. The van der Waals surface area contributed by atoms with E-state index in [-0.39, 0.29) is 37.2 Å². The van der Waals surface area contributed by atoms with Crippen molar-refractivity contribution in [3.05, 3.63) is 52.6 Å². The molecule has 1 aromatic carbocycles. The summed E-state index contributed by atoms with van der Waals surface area (Å²) in [6.45, 7) is 0.239. The lowest BCUT2D eigenvalue weighted by Crippen LogP contribution is -2.38. The summed E-state index contributed by atoms with van der Waals surface area (Å²) in [4.78, 5) is 23.2. The number of furan rings is 1. The number of nitrogens with one attached hydrogen (secondary N) is 2. The highest BCUT2D eigenvalue weighted by Gasteiger charge is 2.11. The van der Waals surface area contributed by atoms with Gasteiger partial charge in [-0.25, -0.2) is 4.39 Å². The van der Waals surface area contributed by atoms with Gasteiger partial charge in [0.2, 0.25) is 5.91 Å². The van der Waals surface area contributed by atoms with Gasteiger partial charge in [-0.15, -0.1) is 0 Å². The van der Waals surface area contributed by atoms with E-state index in [4.69, 9.17) is 9.15 Å². The molecule has 0 bridgehead atoms. The van der Waals surface area contributed by atoms with Crippen LogP contribution in [0.5, 0.6) is 5.75 Å². The molecule has 2 amide bonds. The molecule has 0 spiro atoms. The number of ether oxygens (including phenoxy) is 1. The van der Waals surface area contributed by atoms with Gasteiger partial charge >= 0.3 is 0 Å². The third-order valence-corrected chi connectivity index (χ3v) is 3.12. The van der Waals surface area contributed by atoms with Crippen molar-refractivity contribution < 1.29 is 23.1 Å². The van der Waals surface area contributed by atoms with Gasteiger partial charge in [0.05, 0.1) is 13.1 Å². The molecule has 2 aromatic rings. The predicted octanol–water partition coefficient (Wildman–Crippen LogP) is 2.11. The zero-order valence-electron chi connectivity index (χ0n) is 12.0. The first kappa shape index (κ1) is 17.0. The maximum atomic E-state index is 12.9. The van der Waals surface area contributed by atoms with E-state index < -0.39 is 5.91 Å². The van der Waals surface area contributed by atoms with E-state index in [0.29, 0.717) is 10.4 Å². The second kappa shape index (κ2) is 8.33. The van der Waals surface area contributed by atoms with E-state index in [0.717, 1.165) is 0 Å². The van der Waals surface area contributed by atoms with Crippen LogP contribution in [0.2, 0.25) is 0 Å². The molecule has 1 heterocycles. The van der Waals surface area contributed by atoms with E-state index in [1.807, 2.05) is 0 Å². The van der Waals surface area contributed by atoms with Crippen LogP contribution < -0.4 is 15.4 Å². The van der Waals surface area contributed by atoms with Crippen LogP contribution in [0, 0.1) is 5.82 Å². The summed E-state index contributed by atoms with van der Waals surface area (Å²) in [7, 11) is 0. The molecule has 2 N–H and O–H groups in total. The number of hydrogen-bond donors (Lipinski definition) is 2. The Morgan fingerprint density at radius 2 is 2.04 bits per heavy atom. The van der Waals surface area contributed by atoms with E-state index in [1.54, 1.807) is 12.1 Å². The summed E-state index contributed by atoms with van der Waals surface area (Å²) < 4.78 is 23.7. The predicted molar refractivity (Wildman–Crippen MR) is 83.6 cm³/mol. The molecule has 0 aliphatic heterocycles. The summed E-state index contributed by atoms with van der Waals surface area (Å²) >= 11 is 3.08. The standard InChI is InChI=1S/C15H14BrFN2O4/c16-13-5-4-12(23-13)15(21)19-9-14(20)18-6-7-22-11-3-1-2-10(17)8-11/h1-5,8H,6-7,9H2,(H,18,20)(H,19,21). The zero-order valence-corrected chi connectivity index (χ0v) is 13.6. The van der Waals surface area contributed by atoms with Crippen molar-refractivity contribution in [1.82, 2.24) is 10.6 Å². The van der Waals surface area contributed by atoms with E-state index in [2.05, 4.69) is 26.6 Å². The number of carbonyl (C=O) groups excluding carboxylic acids is 2. The molecule has 0 saturated carbocycles. The van der Waals surface area contributed by atoms with Crippen molar-refractivity contribution in [3.63, 3.8) is 0 Å². The van der Waals surface area contributed by atoms with Gasteiger partial charge in [0.1, 0.15) is 18.2 Å². The first-order valence-corrected chi connectivity index (χ1v) is 7.52. The average molecular weight is 385 g/mol. The SMILES string of the molecule is O=C(CNC(=O)c1ccc(Br)o1)NCCOc1cccc(F)c1. The van der Waals surface area contributed by atoms with Crippen LogP contribution in [-0.4, -0.2) is 31.5 Å². The molecule has 0 saturated heterocycles. The lowest BCUT2D eigenvalue weighted by molar-refractivity contribution is -0.120. The average Bonchev–Trinajstić information content (AvgIpc) is 2.96. The van der Waals surface area contributed by atoms with Crippen molar-refractivity contribution in [1.29, 1.82) is 0 Å². The van der Waals surface area contributed by atoms with Crippen molar-refractivity contribution in [2.45, 2.75) is 0 Å². The van der Waals surface area contributed by atoms with Gasteiger partial charge in [-0.1, -0.05) is 6.07 Å². The normalized spacial score (nSPS) is 10.2. The van der Waals surface area contributed by atoms with Gasteiger partial charge in [0.15, 0.2) is 10.4 Å². The number of rotatable bonds is 7. The Morgan fingerprint density at radius 1 is 1.22 bits per heavy atom. The minimum Gasteiger partial charge on any atom is -0.492 e. The fourth-order valence-electron chi connectivity index (χ4n) is 1.66. The maximum Gasteiger partial charge on any atom is 0.287 e. The maximum absolute atomic E-state index is 12.9. The molecule has 0 unspecified atom stereocenters. The first-order chi connectivity index (χ1) is 11.0. The molecule has 23 heavy (non-hydrogen) atoms. The van der Waals surface area contributed by atoms with Crippen molar-refractivity contribution in [2.75, 3.05) is 19.7 Å². The van der Waals surface area contributed by atoms with Gasteiger partial charge in [-0.05, 0) is 40.2 Å². The van der Waals surface area contributed by atoms with Gasteiger partial charge in [-0.2, -0.15) is 0 Å². The highest BCUT2D eigenvalue weighted by molar-refractivity contribution is 9.10. The topological polar surface area (TPSA) is 80.6 Å². The van der Waals surface area contributed by atoms with Gasteiger partial charge in [0.25, 0.3) is 5.91 Å². The van der Waals surface area contributed by atoms with Crippen LogP contribution in [0.25, 0.3) is 0 Å². The molecular weight excluding hydrogens is 371 g/mol. The summed E-state index contributed by atoms with van der Waals surface area (Å²) in [5, 5.41) is 4.99. The summed E-state index contributed by atoms with van der Waals surface area (Å²) in [5.41, 5.74) is 0. The third-order valence-electron chi connectivity index (χ3n) is 2.70. The lowest BCUT2D eigenvalue weighted by atomic mass is 10.3. The Bertz CT molecular complexity index is 690. The number of amides is 2. The summed E-state index contributed by atoms with van der Waals surface area (Å²) in [6, 6.07) is 8.79. The molecule has 0 radical (unpaired) electrons. The molecule has 8 heteroatoms. The van der Waals surface area contributed by atoms with Crippen LogP contribution in [0.1, 0.15) is 10.6 Å². The van der Waals surface area contributed by atoms with Crippen LogP contribution in [0.15, 0.2) is 45.5 Å². The number of hydrogen-bond acceptors (Lipinski definition) is 4. The number of carbonyl (C=O) groups is 2. The van der Waals surface area contributed by atoms with Crippen LogP contribution in [-0.2, 0) is 4.79 Å². The summed E-state index contributed by atoms with van der Waals surface area (Å²) in [5.74, 6) is -0.748. The Kier molecular flexibility index (Phi) is 6.16. The minimum atomic E-state index is -0.484. The van der Waals surface area contributed by atoms with Crippen LogP contribution >= 0.6 is 15.9 Å². The summed E-state index contributed by atoms with van der Waals surface area (Å²) in [6.07, 6.45) is 0. The molecule has 2 rings (SSSR count). The van der Waals surface area contributed by atoms with Gasteiger partial charge in [-0.3, -0.25) is 9.59 Å². The quantitative estimate of drug-likeness (QED) is 0.716. The van der Waals surface area contributed by atoms with E-state index >= 15 is 0 Å². The van der Waals surface area contributed by atoms with Crippen molar-refractivity contribution in [3.8, 4) is 5.75 Å². The first-order valence-electron chi connectivity index (χ1n) is 6.73. The molecule has 122 valence electrons. The Morgan fingerprint density at radius 3 is 2.74 bits per heavy atom.